The van der Waals surface area contributed by atoms with Crippen molar-refractivity contribution < 1.29 is 26.3 Å². The fourth-order valence-corrected chi connectivity index (χ4v) is 6.46. The first-order valence-electron chi connectivity index (χ1n) is 12.3. The highest BCUT2D eigenvalue weighted by molar-refractivity contribution is 7.89. The molecule has 35 heavy (non-hydrogen) atoms. The number of rotatable bonds is 9. The third-order valence-electron chi connectivity index (χ3n) is 7.12. The van der Waals surface area contributed by atoms with Crippen LogP contribution in [0.15, 0.2) is 42.5 Å². The predicted molar refractivity (Wildman–Crippen MR) is 131 cm³/mol. The number of anilines is 1. The van der Waals surface area contributed by atoms with E-state index in [0.29, 0.717) is 30.6 Å². The van der Waals surface area contributed by atoms with E-state index in [2.05, 4.69) is 27.5 Å². The molecule has 4 rings (SSSR count). The molecular formula is C25H34F3N3O3S. The molecule has 1 aliphatic carbocycles. The average molecular weight is 514 g/mol. The van der Waals surface area contributed by atoms with E-state index in [4.69, 9.17) is 4.74 Å². The zero-order valence-corrected chi connectivity index (χ0v) is 20.7. The van der Waals surface area contributed by atoms with Crippen molar-refractivity contribution in [2.75, 3.05) is 31.2 Å². The van der Waals surface area contributed by atoms with Gasteiger partial charge in [-0.15, -0.1) is 0 Å². The molecule has 0 spiro atoms. The average Bonchev–Trinajstić information content (AvgIpc) is 2.83. The van der Waals surface area contributed by atoms with Crippen LogP contribution in [-0.2, 0) is 20.9 Å². The lowest BCUT2D eigenvalue weighted by atomic mass is 9.72. The second kappa shape index (κ2) is 11.0. The maximum Gasteiger partial charge on any atom is 0.416 e. The van der Waals surface area contributed by atoms with Crippen LogP contribution >= 0.6 is 0 Å². The summed E-state index contributed by atoms with van der Waals surface area (Å²) in [6, 6.07) is 3.88. The Morgan fingerprint density at radius 2 is 2.00 bits per heavy atom. The Hall–Kier alpha value is -1.88. The number of fused-ring (bicyclic) bond motifs is 3. The molecule has 0 saturated carbocycles. The van der Waals surface area contributed by atoms with Gasteiger partial charge in [-0.25, -0.2) is 13.1 Å². The number of sulfonamides is 1. The molecule has 1 fully saturated rings. The number of allylic oxidation sites excluding steroid dienone is 3. The fourth-order valence-electron chi connectivity index (χ4n) is 5.36. The van der Waals surface area contributed by atoms with E-state index in [1.807, 2.05) is 12.2 Å². The molecule has 3 aliphatic rings. The van der Waals surface area contributed by atoms with Gasteiger partial charge in [0.05, 0.1) is 23.5 Å². The number of alkyl halides is 3. The molecule has 0 aromatic heterocycles. The van der Waals surface area contributed by atoms with Crippen LogP contribution in [0.2, 0.25) is 0 Å². The van der Waals surface area contributed by atoms with Gasteiger partial charge in [0.2, 0.25) is 10.0 Å². The molecule has 0 amide bonds. The smallest absolute Gasteiger partial charge is 0.381 e. The number of halogens is 3. The molecule has 2 aliphatic heterocycles. The first kappa shape index (κ1) is 26.2. The molecule has 10 heteroatoms. The fraction of sp³-hybridized carbons (Fsp3) is 0.600. The minimum atomic E-state index is -4.43. The number of ether oxygens (including phenoxy) is 1. The molecule has 1 aromatic rings. The van der Waals surface area contributed by atoms with Gasteiger partial charge in [0.1, 0.15) is 0 Å². The Kier molecular flexibility index (Phi) is 8.25. The summed E-state index contributed by atoms with van der Waals surface area (Å²) in [5, 5.41) is 6.44. The monoisotopic (exact) mass is 513 g/mol. The lowest BCUT2D eigenvalue weighted by molar-refractivity contribution is -0.138. The second-order valence-electron chi connectivity index (χ2n) is 9.56. The SMILES string of the molecule is CNCCCS(=O)(=O)NCC[C@H]1CC[C@@H]2[C@H](O1)c1cc(C(F)(F)F)ccc1N[C@H]2C1C=CC=CC1. The predicted octanol–water partition coefficient (Wildman–Crippen LogP) is 4.39. The van der Waals surface area contributed by atoms with Gasteiger partial charge in [-0.3, -0.25) is 0 Å². The summed E-state index contributed by atoms with van der Waals surface area (Å²) < 4.78 is 73.8. The number of hydrogen-bond donors (Lipinski definition) is 3. The zero-order chi connectivity index (χ0) is 25.1. The summed E-state index contributed by atoms with van der Waals surface area (Å²) in [4.78, 5) is 0. The molecule has 1 aromatic carbocycles. The van der Waals surface area contributed by atoms with Crippen molar-refractivity contribution in [1.82, 2.24) is 10.0 Å². The van der Waals surface area contributed by atoms with Crippen LogP contribution < -0.4 is 15.4 Å². The van der Waals surface area contributed by atoms with Crippen molar-refractivity contribution >= 4 is 15.7 Å². The number of benzene rings is 1. The quantitative estimate of drug-likeness (QED) is 0.427. The summed E-state index contributed by atoms with van der Waals surface area (Å²) in [5.74, 6) is 0.308. The molecule has 0 radical (unpaired) electrons. The van der Waals surface area contributed by atoms with Crippen molar-refractivity contribution in [3.05, 3.63) is 53.6 Å². The van der Waals surface area contributed by atoms with E-state index < -0.39 is 27.9 Å². The molecule has 5 atom stereocenters. The largest absolute Gasteiger partial charge is 0.416 e. The van der Waals surface area contributed by atoms with Crippen molar-refractivity contribution in [1.29, 1.82) is 0 Å². The highest BCUT2D eigenvalue weighted by Gasteiger charge is 2.44. The van der Waals surface area contributed by atoms with E-state index in [9.17, 15) is 21.6 Å². The van der Waals surface area contributed by atoms with Crippen LogP contribution in [0.3, 0.4) is 0 Å². The van der Waals surface area contributed by atoms with Crippen LogP contribution in [0.5, 0.6) is 0 Å². The first-order valence-corrected chi connectivity index (χ1v) is 13.9. The molecule has 0 bridgehead atoms. The molecule has 1 saturated heterocycles. The highest BCUT2D eigenvalue weighted by atomic mass is 32.2. The summed E-state index contributed by atoms with van der Waals surface area (Å²) >= 11 is 0. The van der Waals surface area contributed by atoms with Gasteiger partial charge in [0, 0.05) is 35.7 Å². The minimum absolute atomic E-state index is 0.0293. The van der Waals surface area contributed by atoms with Crippen molar-refractivity contribution in [2.45, 2.75) is 56.5 Å². The molecule has 1 unspecified atom stereocenters. The molecule has 6 nitrogen and oxygen atoms in total. The Bertz CT molecular complexity index is 1040. The standard InChI is InChI=1S/C25H34F3N3O3S/c1-29-13-5-15-35(32,33)30-14-12-19-9-10-20-23(17-6-3-2-4-7-17)31-22-11-8-18(25(26,27)28)16-21(22)24(20)34-19/h2-4,6,8,11,16-17,19-20,23-24,29-31H,5,7,9-10,12-15H2,1H3/t17?,19-,20+,23+,24+/m1/s1. The third-order valence-corrected chi connectivity index (χ3v) is 8.59. The van der Waals surface area contributed by atoms with Gasteiger partial charge >= 0.3 is 6.18 Å². The molecular weight excluding hydrogens is 479 g/mol. The molecule has 3 N–H and O–H groups in total. The molecule has 2 heterocycles. The summed E-state index contributed by atoms with van der Waals surface area (Å²) in [6.45, 7) is 0.868. The van der Waals surface area contributed by atoms with Crippen LogP contribution in [0.1, 0.15) is 49.3 Å². The Morgan fingerprint density at radius 1 is 1.17 bits per heavy atom. The minimum Gasteiger partial charge on any atom is -0.381 e. The number of hydrogen-bond acceptors (Lipinski definition) is 5. The van der Waals surface area contributed by atoms with E-state index in [-0.39, 0.29) is 36.3 Å². The van der Waals surface area contributed by atoms with Crippen molar-refractivity contribution in [3.63, 3.8) is 0 Å². The van der Waals surface area contributed by atoms with E-state index in [1.165, 1.54) is 12.1 Å². The Balaban J connectivity index is 1.49. The summed E-state index contributed by atoms with van der Waals surface area (Å²) in [6.07, 6.45) is 6.56. The van der Waals surface area contributed by atoms with E-state index in [1.54, 1.807) is 7.05 Å². The molecule has 194 valence electrons. The maximum atomic E-state index is 13.5. The van der Waals surface area contributed by atoms with Gasteiger partial charge in [0.15, 0.2) is 0 Å². The first-order chi connectivity index (χ1) is 16.7. The summed E-state index contributed by atoms with van der Waals surface area (Å²) in [7, 11) is -1.59. The van der Waals surface area contributed by atoms with Gasteiger partial charge in [-0.1, -0.05) is 24.3 Å². The zero-order valence-electron chi connectivity index (χ0n) is 19.9. The lowest BCUT2D eigenvalue weighted by Gasteiger charge is -2.47. The third kappa shape index (κ3) is 6.47. The van der Waals surface area contributed by atoms with Crippen molar-refractivity contribution in [3.8, 4) is 0 Å². The van der Waals surface area contributed by atoms with E-state index >= 15 is 0 Å². The van der Waals surface area contributed by atoms with Gasteiger partial charge in [0.25, 0.3) is 0 Å². The van der Waals surface area contributed by atoms with Crippen molar-refractivity contribution in [2.24, 2.45) is 11.8 Å². The Labute approximate surface area is 205 Å². The summed E-state index contributed by atoms with van der Waals surface area (Å²) in [5.41, 5.74) is 0.530. The topological polar surface area (TPSA) is 79.5 Å². The van der Waals surface area contributed by atoms with Crippen LogP contribution in [0.25, 0.3) is 0 Å². The van der Waals surface area contributed by atoms with Gasteiger partial charge < -0.3 is 15.4 Å². The van der Waals surface area contributed by atoms with Crippen LogP contribution in [-0.4, -0.2) is 46.5 Å². The van der Waals surface area contributed by atoms with Crippen LogP contribution in [0, 0.1) is 11.8 Å². The number of nitrogens with one attached hydrogen (secondary N) is 3. The highest BCUT2D eigenvalue weighted by Crippen LogP contribution is 2.49. The maximum absolute atomic E-state index is 13.5. The second-order valence-corrected chi connectivity index (χ2v) is 11.5. The van der Waals surface area contributed by atoms with E-state index in [0.717, 1.165) is 25.3 Å². The Morgan fingerprint density at radius 3 is 2.71 bits per heavy atom. The lowest BCUT2D eigenvalue weighted by Crippen LogP contribution is -2.47. The van der Waals surface area contributed by atoms with Gasteiger partial charge in [-0.2, -0.15) is 13.2 Å². The van der Waals surface area contributed by atoms with Gasteiger partial charge in [-0.05, 0) is 63.9 Å². The van der Waals surface area contributed by atoms with Crippen LogP contribution in [0.4, 0.5) is 18.9 Å². The normalized spacial score (nSPS) is 28.3.